The standard InChI is InChI=1S/C11H18O2/c1-6-4-5-9-7(2)8(3)13-11(12)10(6)9/h6-10H,4-5H2,1-3H3/t6-,7?,8?,9+,10+/m0/s1. The molecular weight excluding hydrogens is 164 g/mol. The molecule has 0 aromatic carbocycles. The zero-order valence-electron chi connectivity index (χ0n) is 8.62. The smallest absolute Gasteiger partial charge is 0.309 e. The molecule has 1 saturated heterocycles. The topological polar surface area (TPSA) is 26.3 Å². The van der Waals surface area contributed by atoms with Crippen LogP contribution in [0.3, 0.4) is 0 Å². The van der Waals surface area contributed by atoms with E-state index in [0.717, 1.165) is 0 Å². The Bertz CT molecular complexity index is 224. The summed E-state index contributed by atoms with van der Waals surface area (Å²) in [5.41, 5.74) is 0. The maximum Gasteiger partial charge on any atom is 0.309 e. The molecule has 2 rings (SSSR count). The first-order valence-electron chi connectivity index (χ1n) is 5.31. The van der Waals surface area contributed by atoms with Crippen molar-refractivity contribution in [1.29, 1.82) is 0 Å². The molecule has 1 aliphatic carbocycles. The fourth-order valence-electron chi connectivity index (χ4n) is 2.95. The van der Waals surface area contributed by atoms with Crippen molar-refractivity contribution < 1.29 is 9.53 Å². The normalized spacial score (nSPS) is 50.1. The number of carbonyl (C=O) groups excluding carboxylic acids is 1. The minimum Gasteiger partial charge on any atom is -0.462 e. The van der Waals surface area contributed by atoms with Crippen molar-refractivity contribution >= 4 is 5.97 Å². The van der Waals surface area contributed by atoms with Crippen LogP contribution in [-0.4, -0.2) is 12.1 Å². The molecule has 2 nitrogen and oxygen atoms in total. The number of hydrogen-bond acceptors (Lipinski definition) is 2. The Kier molecular flexibility index (Phi) is 2.09. The summed E-state index contributed by atoms with van der Waals surface area (Å²) >= 11 is 0. The monoisotopic (exact) mass is 182 g/mol. The second-order valence-corrected chi connectivity index (χ2v) is 4.75. The molecule has 2 aliphatic rings. The molecule has 0 aromatic heterocycles. The van der Waals surface area contributed by atoms with Crippen molar-refractivity contribution in [2.75, 3.05) is 0 Å². The van der Waals surface area contributed by atoms with Gasteiger partial charge < -0.3 is 4.74 Å². The Balaban J connectivity index is 2.21. The predicted molar refractivity (Wildman–Crippen MR) is 50.1 cm³/mol. The highest BCUT2D eigenvalue weighted by Gasteiger charge is 2.47. The number of carbonyl (C=O) groups is 1. The average molecular weight is 182 g/mol. The van der Waals surface area contributed by atoms with E-state index in [-0.39, 0.29) is 18.0 Å². The Hall–Kier alpha value is -0.530. The molecule has 0 bridgehead atoms. The van der Waals surface area contributed by atoms with Crippen LogP contribution in [0.15, 0.2) is 0 Å². The van der Waals surface area contributed by atoms with Crippen molar-refractivity contribution in [2.45, 2.75) is 39.7 Å². The van der Waals surface area contributed by atoms with E-state index in [1.165, 1.54) is 12.8 Å². The third-order valence-electron chi connectivity index (χ3n) is 4.02. The van der Waals surface area contributed by atoms with Crippen LogP contribution in [0.4, 0.5) is 0 Å². The molecule has 0 amide bonds. The van der Waals surface area contributed by atoms with E-state index in [2.05, 4.69) is 13.8 Å². The maximum atomic E-state index is 11.6. The summed E-state index contributed by atoms with van der Waals surface area (Å²) in [6.07, 6.45) is 2.53. The second-order valence-electron chi connectivity index (χ2n) is 4.75. The largest absolute Gasteiger partial charge is 0.462 e. The van der Waals surface area contributed by atoms with Crippen LogP contribution in [0.1, 0.15) is 33.6 Å². The highest BCUT2D eigenvalue weighted by Crippen LogP contribution is 2.46. The van der Waals surface area contributed by atoms with Gasteiger partial charge in [0.15, 0.2) is 0 Å². The number of rotatable bonds is 0. The minimum atomic E-state index is 0.0561. The molecular formula is C11H18O2. The van der Waals surface area contributed by atoms with Crippen LogP contribution in [0.5, 0.6) is 0 Å². The van der Waals surface area contributed by atoms with Crippen molar-refractivity contribution in [1.82, 2.24) is 0 Å². The third-order valence-corrected chi connectivity index (χ3v) is 4.02. The molecule has 5 atom stereocenters. The van der Waals surface area contributed by atoms with Gasteiger partial charge in [0, 0.05) is 0 Å². The van der Waals surface area contributed by atoms with Gasteiger partial charge >= 0.3 is 5.97 Å². The van der Waals surface area contributed by atoms with Crippen LogP contribution in [0, 0.1) is 23.7 Å². The first kappa shape index (κ1) is 9.04. The van der Waals surface area contributed by atoms with Gasteiger partial charge in [0.1, 0.15) is 6.10 Å². The van der Waals surface area contributed by atoms with Crippen molar-refractivity contribution in [3.63, 3.8) is 0 Å². The Labute approximate surface area is 79.7 Å². The van der Waals surface area contributed by atoms with Gasteiger partial charge in [-0.05, 0) is 37.5 Å². The first-order chi connectivity index (χ1) is 6.11. The summed E-state index contributed by atoms with van der Waals surface area (Å²) < 4.78 is 5.34. The Morgan fingerprint density at radius 2 is 1.92 bits per heavy atom. The number of cyclic esters (lactones) is 1. The zero-order valence-corrected chi connectivity index (χ0v) is 8.62. The van der Waals surface area contributed by atoms with Crippen LogP contribution in [-0.2, 0) is 9.53 Å². The van der Waals surface area contributed by atoms with E-state index in [1.807, 2.05) is 6.92 Å². The van der Waals surface area contributed by atoms with Gasteiger partial charge in [-0.25, -0.2) is 0 Å². The molecule has 1 aliphatic heterocycles. The van der Waals surface area contributed by atoms with E-state index in [4.69, 9.17) is 4.74 Å². The molecule has 2 heteroatoms. The van der Waals surface area contributed by atoms with Gasteiger partial charge in [0.25, 0.3) is 0 Å². The number of esters is 1. The van der Waals surface area contributed by atoms with Gasteiger partial charge in [0.05, 0.1) is 5.92 Å². The second kappa shape index (κ2) is 3.00. The van der Waals surface area contributed by atoms with Crippen LogP contribution < -0.4 is 0 Å². The van der Waals surface area contributed by atoms with Gasteiger partial charge in [-0.1, -0.05) is 13.8 Å². The summed E-state index contributed by atoms with van der Waals surface area (Å²) in [7, 11) is 0. The maximum absolute atomic E-state index is 11.6. The molecule has 0 aromatic rings. The van der Waals surface area contributed by atoms with Crippen LogP contribution >= 0.6 is 0 Å². The molecule has 2 fully saturated rings. The summed E-state index contributed by atoms with van der Waals surface area (Å²) in [6.45, 7) is 6.41. The fourth-order valence-corrected chi connectivity index (χ4v) is 2.95. The van der Waals surface area contributed by atoms with E-state index < -0.39 is 0 Å². The quantitative estimate of drug-likeness (QED) is 0.537. The predicted octanol–water partition coefficient (Wildman–Crippen LogP) is 2.23. The van der Waals surface area contributed by atoms with E-state index >= 15 is 0 Å². The highest BCUT2D eigenvalue weighted by molar-refractivity contribution is 5.74. The summed E-state index contributed by atoms with van der Waals surface area (Å²) in [4.78, 5) is 11.6. The van der Waals surface area contributed by atoms with Gasteiger partial charge in [-0.15, -0.1) is 0 Å². The lowest BCUT2D eigenvalue weighted by molar-refractivity contribution is -0.169. The lowest BCUT2D eigenvalue weighted by Gasteiger charge is -2.36. The first-order valence-corrected chi connectivity index (χ1v) is 5.31. The molecule has 0 radical (unpaired) electrons. The number of hydrogen-bond donors (Lipinski definition) is 0. The van der Waals surface area contributed by atoms with Crippen molar-refractivity contribution in [3.8, 4) is 0 Å². The van der Waals surface area contributed by atoms with E-state index in [0.29, 0.717) is 17.8 Å². The Morgan fingerprint density at radius 1 is 1.23 bits per heavy atom. The lowest BCUT2D eigenvalue weighted by atomic mass is 9.78. The average Bonchev–Trinajstić information content (AvgIpc) is 2.44. The minimum absolute atomic E-state index is 0.0561. The summed E-state index contributed by atoms with van der Waals surface area (Å²) in [5.74, 6) is 1.93. The molecule has 74 valence electrons. The van der Waals surface area contributed by atoms with E-state index in [1.54, 1.807) is 0 Å². The van der Waals surface area contributed by atoms with E-state index in [9.17, 15) is 4.79 Å². The zero-order chi connectivity index (χ0) is 9.59. The van der Waals surface area contributed by atoms with Crippen molar-refractivity contribution in [2.24, 2.45) is 23.7 Å². The Morgan fingerprint density at radius 3 is 2.62 bits per heavy atom. The SMILES string of the molecule is CC1OC(=O)[C@H]2[C@H](CC[C@@H]2C)C1C. The molecule has 1 heterocycles. The number of fused-ring (bicyclic) bond motifs is 1. The van der Waals surface area contributed by atoms with Gasteiger partial charge in [-0.2, -0.15) is 0 Å². The molecule has 1 saturated carbocycles. The van der Waals surface area contributed by atoms with Crippen LogP contribution in [0.2, 0.25) is 0 Å². The highest BCUT2D eigenvalue weighted by atomic mass is 16.5. The molecule has 2 unspecified atom stereocenters. The third kappa shape index (κ3) is 1.27. The lowest BCUT2D eigenvalue weighted by Crippen LogP contribution is -2.42. The summed E-state index contributed by atoms with van der Waals surface area (Å²) in [6, 6.07) is 0. The van der Waals surface area contributed by atoms with Crippen LogP contribution in [0.25, 0.3) is 0 Å². The summed E-state index contributed by atoms with van der Waals surface area (Å²) in [5, 5.41) is 0. The van der Waals surface area contributed by atoms with Gasteiger partial charge in [0.2, 0.25) is 0 Å². The van der Waals surface area contributed by atoms with Crippen molar-refractivity contribution in [3.05, 3.63) is 0 Å². The van der Waals surface area contributed by atoms with Gasteiger partial charge in [-0.3, -0.25) is 4.79 Å². The fraction of sp³-hybridized carbons (Fsp3) is 0.909. The molecule has 0 spiro atoms. The molecule has 13 heavy (non-hydrogen) atoms. The molecule has 0 N–H and O–H groups in total. The number of ether oxygens (including phenoxy) is 1.